The average Bonchev–Trinajstić information content (AvgIpc) is 1.86. The molecule has 0 heterocycles. The topological polar surface area (TPSA) is 0 Å². The number of rotatable bonds is 1. The molecule has 0 fully saturated rings. The summed E-state index contributed by atoms with van der Waals surface area (Å²) in [4.78, 5) is 0. The van der Waals surface area contributed by atoms with Crippen molar-refractivity contribution in [3.63, 3.8) is 0 Å². The van der Waals surface area contributed by atoms with Crippen molar-refractivity contribution in [2.24, 2.45) is 0 Å². The molecule has 6 heteroatoms. The molecule has 0 amide bonds. The Kier molecular flexibility index (Phi) is 5.44. The van der Waals surface area contributed by atoms with Gasteiger partial charge in [0.25, 0.3) is 0 Å². The van der Waals surface area contributed by atoms with Gasteiger partial charge in [-0.15, -0.1) is 0 Å². The van der Waals surface area contributed by atoms with Crippen LogP contribution in [0.3, 0.4) is 0 Å². The molecule has 0 bridgehead atoms. The summed E-state index contributed by atoms with van der Waals surface area (Å²) >= 11 is 5.30. The summed E-state index contributed by atoms with van der Waals surface area (Å²) in [5, 5.41) is -0.236. The second kappa shape index (κ2) is 5.03. The minimum Gasteiger partial charge on any atom is -0.445 e. The molecule has 0 saturated carbocycles. The molecule has 0 spiro atoms. The molecule has 1 rings (SSSR count). The first kappa shape index (κ1) is 13.0. The molecule has 0 nitrogen and oxygen atoms in total. The van der Waals surface area contributed by atoms with Crippen molar-refractivity contribution < 1.29 is 64.3 Å². The van der Waals surface area contributed by atoms with E-state index in [-0.39, 0.29) is 56.4 Å². The predicted molar refractivity (Wildman–Crippen MR) is 40.2 cm³/mol. The van der Waals surface area contributed by atoms with Gasteiger partial charge in [-0.25, -0.2) is 0 Å². The summed E-state index contributed by atoms with van der Waals surface area (Å²) in [6, 6.07) is 4.98. The van der Waals surface area contributed by atoms with Gasteiger partial charge < -0.3 is 12.9 Å². The van der Waals surface area contributed by atoms with Gasteiger partial charge in [-0.2, -0.15) is 0 Å². The molecule has 0 saturated heterocycles. The van der Waals surface area contributed by atoms with Crippen molar-refractivity contribution >= 4 is 24.0 Å². The van der Waals surface area contributed by atoms with Gasteiger partial charge in [0, 0.05) is 5.02 Å². The Labute approximate surface area is 116 Å². The first-order valence-corrected chi connectivity index (χ1v) is 3.34. The van der Waals surface area contributed by atoms with Crippen molar-refractivity contribution in [1.82, 2.24) is 0 Å². The van der Waals surface area contributed by atoms with Crippen molar-refractivity contribution in [2.45, 2.75) is 0 Å². The zero-order valence-electron chi connectivity index (χ0n) is 6.40. The molecule has 0 atom stereocenters. The van der Waals surface area contributed by atoms with Gasteiger partial charge in [0.2, 0.25) is 0 Å². The monoisotopic (exact) mass is 218 g/mol. The number of hydrogen-bond donors (Lipinski definition) is 0. The van der Waals surface area contributed by atoms with Crippen LogP contribution in [0.25, 0.3) is 0 Å². The quantitative estimate of drug-likeness (QED) is 0.552. The number of benzene rings is 1. The summed E-state index contributed by atoms with van der Waals surface area (Å²) in [5.74, 6) is 0. The van der Waals surface area contributed by atoms with Gasteiger partial charge in [0.15, 0.2) is 0 Å². The van der Waals surface area contributed by atoms with Gasteiger partial charge in [-0.05, 0) is 6.07 Å². The average molecular weight is 218 g/mol. The fourth-order valence-electron chi connectivity index (χ4n) is 0.741. The van der Waals surface area contributed by atoms with Crippen LogP contribution in [0.4, 0.5) is 12.9 Å². The van der Waals surface area contributed by atoms with E-state index in [0.717, 1.165) is 6.07 Å². The molecule has 0 aliphatic carbocycles. The standard InChI is InChI=1S/C6H4BClF3.K/c8-6-4-2-1-3-5(6)7(9,10)11;/h1-4H;/q-1;+1. The van der Waals surface area contributed by atoms with Crippen LogP contribution >= 0.6 is 11.6 Å². The second-order valence-corrected chi connectivity index (χ2v) is 2.50. The zero-order chi connectivity index (χ0) is 8.48. The van der Waals surface area contributed by atoms with Crippen LogP contribution < -0.4 is 56.8 Å². The molecule has 0 aliphatic heterocycles. The normalized spacial score (nSPS) is 10.7. The maximum Gasteiger partial charge on any atom is 1.00 e. The summed E-state index contributed by atoms with van der Waals surface area (Å²) < 4.78 is 36.1. The SMILES string of the molecule is F[B-](F)(F)c1ccccc1Cl.[K+]. The van der Waals surface area contributed by atoms with Gasteiger partial charge >= 0.3 is 58.4 Å². The molecule has 12 heavy (non-hydrogen) atoms. The van der Waals surface area contributed by atoms with Crippen molar-refractivity contribution in [1.29, 1.82) is 0 Å². The van der Waals surface area contributed by atoms with E-state index in [1.165, 1.54) is 18.2 Å². The van der Waals surface area contributed by atoms with Gasteiger partial charge in [-0.3, -0.25) is 0 Å². The van der Waals surface area contributed by atoms with Crippen LogP contribution in [0.5, 0.6) is 0 Å². The largest absolute Gasteiger partial charge is 1.00 e. The molecule has 0 radical (unpaired) electrons. The van der Waals surface area contributed by atoms with Crippen LogP contribution in [0.2, 0.25) is 5.02 Å². The fraction of sp³-hybridized carbons (Fsp3) is 0. The molecule has 1 aromatic rings. The number of hydrogen-bond acceptors (Lipinski definition) is 0. The van der Waals surface area contributed by atoms with Crippen molar-refractivity contribution in [2.75, 3.05) is 0 Å². The van der Waals surface area contributed by atoms with Gasteiger partial charge in [0.1, 0.15) is 0 Å². The Hall–Kier alpha value is 1.00. The smallest absolute Gasteiger partial charge is 0.445 e. The van der Waals surface area contributed by atoms with E-state index in [9.17, 15) is 12.9 Å². The molecular weight excluding hydrogens is 214 g/mol. The van der Waals surface area contributed by atoms with E-state index in [0.29, 0.717) is 0 Å². The van der Waals surface area contributed by atoms with Crippen LogP contribution in [-0.4, -0.2) is 6.98 Å². The Balaban J connectivity index is 0.00000121. The molecule has 0 N–H and O–H groups in total. The summed E-state index contributed by atoms with van der Waals surface area (Å²) in [7, 11) is 0. The van der Waals surface area contributed by atoms with E-state index >= 15 is 0 Å². The third-order valence-electron chi connectivity index (χ3n) is 1.26. The van der Waals surface area contributed by atoms with E-state index < -0.39 is 12.4 Å². The second-order valence-electron chi connectivity index (χ2n) is 2.10. The molecule has 0 aliphatic rings. The molecular formula is C6H4BClF3K. The molecule has 1 aromatic carbocycles. The maximum atomic E-state index is 12.0. The predicted octanol–water partition coefficient (Wildman–Crippen LogP) is -0.602. The fourth-order valence-corrected chi connectivity index (χ4v) is 1.00. The van der Waals surface area contributed by atoms with Gasteiger partial charge in [-0.1, -0.05) is 35.3 Å². The zero-order valence-corrected chi connectivity index (χ0v) is 10.3. The van der Waals surface area contributed by atoms with E-state index in [2.05, 4.69) is 0 Å². The Bertz CT molecular complexity index is 263. The van der Waals surface area contributed by atoms with Crippen molar-refractivity contribution in [3.05, 3.63) is 29.3 Å². The van der Waals surface area contributed by atoms with Crippen LogP contribution in [0.15, 0.2) is 24.3 Å². The minimum atomic E-state index is -4.96. The molecule has 0 aromatic heterocycles. The molecule has 60 valence electrons. The van der Waals surface area contributed by atoms with E-state index in [4.69, 9.17) is 11.6 Å². The summed E-state index contributed by atoms with van der Waals surface area (Å²) in [5.41, 5.74) is -0.728. The third-order valence-corrected chi connectivity index (χ3v) is 1.60. The van der Waals surface area contributed by atoms with Crippen LogP contribution in [0.1, 0.15) is 0 Å². The Morgan fingerprint density at radius 1 is 1.08 bits per heavy atom. The Morgan fingerprint density at radius 3 is 1.92 bits per heavy atom. The third kappa shape index (κ3) is 3.40. The Morgan fingerprint density at radius 2 is 1.58 bits per heavy atom. The molecule has 0 unspecified atom stereocenters. The van der Waals surface area contributed by atoms with Crippen LogP contribution in [-0.2, 0) is 0 Å². The van der Waals surface area contributed by atoms with Crippen LogP contribution in [0, 0.1) is 0 Å². The first-order chi connectivity index (χ1) is 5.02. The number of halogens is 4. The van der Waals surface area contributed by atoms with Crippen molar-refractivity contribution in [3.8, 4) is 0 Å². The van der Waals surface area contributed by atoms with E-state index in [1.54, 1.807) is 0 Å². The summed E-state index contributed by atoms with van der Waals surface area (Å²) in [6.45, 7) is -4.96. The van der Waals surface area contributed by atoms with E-state index in [1.807, 2.05) is 0 Å². The first-order valence-electron chi connectivity index (χ1n) is 2.96. The maximum absolute atomic E-state index is 12.0. The summed E-state index contributed by atoms with van der Waals surface area (Å²) in [6.07, 6.45) is 0. The minimum absolute atomic E-state index is 0. The van der Waals surface area contributed by atoms with Gasteiger partial charge in [0.05, 0.1) is 0 Å².